The van der Waals surface area contributed by atoms with E-state index in [1.54, 1.807) is 0 Å². The third-order valence-corrected chi connectivity index (χ3v) is 5.70. The first-order valence-electron chi connectivity index (χ1n) is 7.97. The van der Waals surface area contributed by atoms with Crippen LogP contribution in [-0.4, -0.2) is 62.9 Å². The maximum Gasteiger partial charge on any atom is 0.165 e. The van der Waals surface area contributed by atoms with E-state index in [9.17, 15) is 0 Å². The Kier molecular flexibility index (Phi) is 12.0. The van der Waals surface area contributed by atoms with Gasteiger partial charge in [0, 0.05) is 17.9 Å². The highest BCUT2D eigenvalue weighted by Crippen LogP contribution is 1.96. The van der Waals surface area contributed by atoms with Crippen molar-refractivity contribution in [2.45, 2.75) is 6.42 Å². The zero-order chi connectivity index (χ0) is 16.2. The SMILES string of the molecule is [CH2-][NH+]1CCC1.[CH2-][NH+]1CCSCC1.[CH2-][NH+]1COC1.[CH2-][NH+]1CSC1. The minimum Gasteiger partial charge on any atom is -0.467 e. The molecular formula is C15H34N4OS2. The van der Waals surface area contributed by atoms with Crippen molar-refractivity contribution in [1.29, 1.82) is 0 Å². The molecule has 22 heavy (non-hydrogen) atoms. The highest BCUT2D eigenvalue weighted by atomic mass is 32.2. The van der Waals surface area contributed by atoms with Gasteiger partial charge in [-0.3, -0.25) is 4.74 Å². The van der Waals surface area contributed by atoms with E-state index in [2.05, 4.69) is 28.2 Å². The average Bonchev–Trinajstić information content (AvgIpc) is 2.43. The molecule has 4 aliphatic heterocycles. The molecule has 0 aromatic rings. The van der Waals surface area contributed by atoms with Crippen LogP contribution in [0.1, 0.15) is 6.42 Å². The lowest BCUT2D eigenvalue weighted by molar-refractivity contribution is -0.966. The predicted octanol–water partition coefficient (Wildman–Crippen LogP) is -3.59. The normalized spacial score (nSPS) is 25.6. The van der Waals surface area contributed by atoms with Gasteiger partial charge in [-0.1, -0.05) is 0 Å². The van der Waals surface area contributed by atoms with Gasteiger partial charge in [-0.2, -0.15) is 25.9 Å². The number of thioether (sulfide) groups is 2. The van der Waals surface area contributed by atoms with Gasteiger partial charge >= 0.3 is 0 Å². The summed E-state index contributed by atoms with van der Waals surface area (Å²) in [4.78, 5) is 5.49. The largest absolute Gasteiger partial charge is 0.467 e. The molecule has 132 valence electrons. The number of hydrogen-bond donors (Lipinski definition) is 4. The van der Waals surface area contributed by atoms with Gasteiger partial charge in [0.15, 0.2) is 13.5 Å². The second kappa shape index (κ2) is 12.9. The maximum absolute atomic E-state index is 4.73. The zero-order valence-electron chi connectivity index (χ0n) is 13.8. The van der Waals surface area contributed by atoms with Crippen molar-refractivity contribution in [3.05, 3.63) is 28.2 Å². The number of quaternary nitrogens is 4. The summed E-state index contributed by atoms with van der Waals surface area (Å²) in [7, 11) is 15.0. The monoisotopic (exact) mass is 350 g/mol. The lowest BCUT2D eigenvalue weighted by atomic mass is 10.3. The molecular weight excluding hydrogens is 316 g/mol. The van der Waals surface area contributed by atoms with E-state index in [1.165, 1.54) is 75.5 Å². The first kappa shape index (κ1) is 20.5. The fourth-order valence-electron chi connectivity index (χ4n) is 1.58. The van der Waals surface area contributed by atoms with Crippen LogP contribution in [0.2, 0.25) is 0 Å². The molecule has 4 aliphatic rings. The molecule has 0 aromatic heterocycles. The highest BCUT2D eigenvalue weighted by Gasteiger charge is 2.05. The van der Waals surface area contributed by atoms with Gasteiger partial charge in [-0.25, -0.2) is 0 Å². The summed E-state index contributed by atoms with van der Waals surface area (Å²) in [6.45, 7) is 6.68. The second-order valence-electron chi connectivity index (χ2n) is 5.95. The fourth-order valence-corrected chi connectivity index (χ4v) is 3.14. The Morgan fingerprint density at radius 2 is 1.05 bits per heavy atom. The molecule has 4 saturated heterocycles. The quantitative estimate of drug-likeness (QED) is 0.340. The van der Waals surface area contributed by atoms with E-state index in [0.717, 1.165) is 13.5 Å². The number of likely N-dealkylation sites (tertiary alicyclic amines) is 1. The van der Waals surface area contributed by atoms with Crippen LogP contribution in [0.3, 0.4) is 0 Å². The molecule has 0 saturated carbocycles. The molecule has 4 heterocycles. The molecule has 0 aliphatic carbocycles. The summed E-state index contributed by atoms with van der Waals surface area (Å²) in [5.74, 6) is 5.03. The summed E-state index contributed by atoms with van der Waals surface area (Å²) in [6, 6.07) is 0. The van der Waals surface area contributed by atoms with E-state index >= 15 is 0 Å². The topological polar surface area (TPSA) is 27.0 Å². The van der Waals surface area contributed by atoms with Gasteiger partial charge in [-0.15, -0.1) is 14.1 Å². The number of hydrogen-bond acceptors (Lipinski definition) is 3. The van der Waals surface area contributed by atoms with Crippen LogP contribution < -0.4 is 19.6 Å². The highest BCUT2D eigenvalue weighted by molar-refractivity contribution is 7.99. The van der Waals surface area contributed by atoms with Crippen LogP contribution in [-0.2, 0) is 4.74 Å². The van der Waals surface area contributed by atoms with E-state index in [0.29, 0.717) is 0 Å². The van der Waals surface area contributed by atoms with Gasteiger partial charge in [0.2, 0.25) is 0 Å². The zero-order valence-corrected chi connectivity index (χ0v) is 15.5. The molecule has 0 bridgehead atoms. The Labute approximate surface area is 145 Å². The lowest BCUT2D eigenvalue weighted by Gasteiger charge is -2.28. The predicted molar refractivity (Wildman–Crippen MR) is 94.8 cm³/mol. The Bertz CT molecular complexity index is 227. The molecule has 0 unspecified atom stereocenters. The molecule has 0 aromatic carbocycles. The second-order valence-corrected chi connectivity index (χ2v) is 8.16. The number of ether oxygens (including phenoxy) is 1. The van der Waals surface area contributed by atoms with Crippen molar-refractivity contribution in [3.63, 3.8) is 0 Å². The lowest BCUT2D eigenvalue weighted by Crippen LogP contribution is -3.14. The number of rotatable bonds is 0. The van der Waals surface area contributed by atoms with E-state index in [-0.39, 0.29) is 0 Å². The molecule has 4 rings (SSSR count). The van der Waals surface area contributed by atoms with Crippen LogP contribution in [0, 0.1) is 28.2 Å². The minimum atomic E-state index is 0.792. The summed E-state index contributed by atoms with van der Waals surface area (Å²) >= 11 is 3.98. The Morgan fingerprint density at radius 3 is 1.14 bits per heavy atom. The number of nitrogens with one attached hydrogen (secondary N) is 4. The van der Waals surface area contributed by atoms with Crippen molar-refractivity contribution in [3.8, 4) is 0 Å². The van der Waals surface area contributed by atoms with Crippen LogP contribution in [0.15, 0.2) is 0 Å². The van der Waals surface area contributed by atoms with Crippen molar-refractivity contribution >= 4 is 23.5 Å². The van der Waals surface area contributed by atoms with E-state index < -0.39 is 0 Å². The van der Waals surface area contributed by atoms with Crippen molar-refractivity contribution in [2.24, 2.45) is 0 Å². The molecule has 5 nitrogen and oxygen atoms in total. The molecule has 0 amide bonds. The Morgan fingerprint density at radius 1 is 0.636 bits per heavy atom. The smallest absolute Gasteiger partial charge is 0.165 e. The van der Waals surface area contributed by atoms with Crippen LogP contribution in [0.25, 0.3) is 0 Å². The van der Waals surface area contributed by atoms with Crippen molar-refractivity contribution < 1.29 is 24.3 Å². The molecule has 4 N–H and O–H groups in total. The van der Waals surface area contributed by atoms with Gasteiger partial charge in [0.05, 0.1) is 26.2 Å². The average molecular weight is 351 g/mol. The molecule has 0 radical (unpaired) electrons. The maximum atomic E-state index is 4.73. The van der Waals surface area contributed by atoms with Crippen LogP contribution in [0.4, 0.5) is 0 Å². The molecule has 0 spiro atoms. The van der Waals surface area contributed by atoms with Gasteiger partial charge in [-0.05, 0) is 11.8 Å². The molecule has 0 atom stereocenters. The summed E-state index contributed by atoms with van der Waals surface area (Å²) < 4.78 is 4.73. The fraction of sp³-hybridized carbons (Fsp3) is 0.733. The van der Waals surface area contributed by atoms with E-state index in [4.69, 9.17) is 4.74 Å². The van der Waals surface area contributed by atoms with Gasteiger partial charge < -0.3 is 19.6 Å². The van der Waals surface area contributed by atoms with Crippen molar-refractivity contribution in [1.82, 2.24) is 0 Å². The molecule has 7 heteroatoms. The summed E-state index contributed by atoms with van der Waals surface area (Å²) in [5.41, 5.74) is 0. The van der Waals surface area contributed by atoms with E-state index in [1.807, 2.05) is 23.5 Å². The van der Waals surface area contributed by atoms with Gasteiger partial charge in [0.25, 0.3) is 0 Å². The Hall–Kier alpha value is 0.500. The van der Waals surface area contributed by atoms with Crippen molar-refractivity contribution in [2.75, 3.05) is 62.9 Å². The molecule has 4 fully saturated rings. The minimum absolute atomic E-state index is 0.792. The Balaban J connectivity index is 0.000000148. The summed E-state index contributed by atoms with van der Waals surface area (Å²) in [5, 5.41) is 0. The third kappa shape index (κ3) is 11.1. The summed E-state index contributed by atoms with van der Waals surface area (Å²) in [6.07, 6.45) is 1.39. The standard InChI is InChI=1S/C5H11NS.C4H9N.C3H7NO.C3H7NS/c1-6-2-4-7-5-3-6;1-5-3-2-4-5;2*1-4-2-5-3-4/h6H,1-5H2;5H,1-4H2;2*4H,1-3H2. The van der Waals surface area contributed by atoms with Crippen LogP contribution >= 0.6 is 23.5 Å². The third-order valence-electron chi connectivity index (χ3n) is 3.49. The van der Waals surface area contributed by atoms with Gasteiger partial charge in [0.1, 0.15) is 11.8 Å². The first-order valence-corrected chi connectivity index (χ1v) is 10.3. The van der Waals surface area contributed by atoms with Crippen LogP contribution in [0.5, 0.6) is 0 Å². The first-order chi connectivity index (χ1) is 10.6.